The minimum Gasteiger partial charge on any atom is -0.481 e. The fourth-order valence-electron chi connectivity index (χ4n) is 1.16. The van der Waals surface area contributed by atoms with Crippen LogP contribution < -0.4 is 4.72 Å². The first kappa shape index (κ1) is 12.7. The van der Waals surface area contributed by atoms with Gasteiger partial charge in [0.05, 0.1) is 12.2 Å². The lowest BCUT2D eigenvalue weighted by Gasteiger charge is -2.05. The van der Waals surface area contributed by atoms with Gasteiger partial charge < -0.3 is 5.11 Å². The van der Waals surface area contributed by atoms with Gasteiger partial charge in [0, 0.05) is 6.54 Å². The van der Waals surface area contributed by atoms with E-state index in [1.807, 2.05) is 0 Å². The molecule has 1 aromatic carbocycles. The van der Waals surface area contributed by atoms with Gasteiger partial charge in [-0.25, -0.2) is 13.1 Å². The fourth-order valence-corrected chi connectivity index (χ4v) is 2.30. The van der Waals surface area contributed by atoms with E-state index in [9.17, 15) is 13.2 Å². The van der Waals surface area contributed by atoms with Gasteiger partial charge in [-0.1, -0.05) is 30.3 Å². The van der Waals surface area contributed by atoms with Crippen molar-refractivity contribution < 1.29 is 18.3 Å². The maximum atomic E-state index is 11.5. The van der Waals surface area contributed by atoms with Crippen molar-refractivity contribution in [3.8, 4) is 0 Å². The van der Waals surface area contributed by atoms with Crippen LogP contribution in [-0.4, -0.2) is 26.0 Å². The number of hydrogen-bond donors (Lipinski definition) is 2. The lowest BCUT2D eigenvalue weighted by Crippen LogP contribution is -2.27. The molecule has 0 heterocycles. The Balaban J connectivity index is 2.49. The number of benzene rings is 1. The van der Waals surface area contributed by atoms with Crippen LogP contribution in [0, 0.1) is 0 Å². The minimum atomic E-state index is -3.44. The van der Waals surface area contributed by atoms with Crippen molar-refractivity contribution in [1.29, 1.82) is 0 Å². The SMILES string of the molecule is O=C(O)CCNS(=O)(=O)Cc1ccccc1. The molecule has 0 atom stereocenters. The van der Waals surface area contributed by atoms with Gasteiger partial charge in [0.2, 0.25) is 10.0 Å². The Hall–Kier alpha value is -1.40. The molecule has 0 unspecified atom stereocenters. The third-order valence-electron chi connectivity index (χ3n) is 1.86. The Morgan fingerprint density at radius 2 is 1.88 bits per heavy atom. The normalized spacial score (nSPS) is 11.2. The van der Waals surface area contributed by atoms with Crippen LogP contribution in [0.5, 0.6) is 0 Å². The summed E-state index contributed by atoms with van der Waals surface area (Å²) in [7, 11) is -3.44. The van der Waals surface area contributed by atoms with Crippen LogP contribution >= 0.6 is 0 Å². The van der Waals surface area contributed by atoms with Crippen LogP contribution in [0.3, 0.4) is 0 Å². The van der Waals surface area contributed by atoms with Crippen LogP contribution in [-0.2, 0) is 20.6 Å². The summed E-state index contributed by atoms with van der Waals surface area (Å²) in [4.78, 5) is 10.2. The molecule has 0 bridgehead atoms. The first-order valence-corrected chi connectivity index (χ1v) is 6.38. The second kappa shape index (κ2) is 5.62. The van der Waals surface area contributed by atoms with Gasteiger partial charge in [-0.05, 0) is 5.56 Å². The predicted molar refractivity (Wildman–Crippen MR) is 59.3 cm³/mol. The van der Waals surface area contributed by atoms with Crippen molar-refractivity contribution in [2.45, 2.75) is 12.2 Å². The molecule has 6 heteroatoms. The summed E-state index contributed by atoms with van der Waals surface area (Å²) in [6, 6.07) is 8.71. The van der Waals surface area contributed by atoms with Gasteiger partial charge in [-0.3, -0.25) is 4.79 Å². The van der Waals surface area contributed by atoms with Crippen LogP contribution in [0.15, 0.2) is 30.3 Å². The smallest absolute Gasteiger partial charge is 0.304 e. The summed E-state index contributed by atoms with van der Waals surface area (Å²) >= 11 is 0. The number of sulfonamides is 1. The van der Waals surface area contributed by atoms with Gasteiger partial charge in [0.15, 0.2) is 0 Å². The number of nitrogens with one attached hydrogen (secondary N) is 1. The van der Waals surface area contributed by atoms with E-state index in [2.05, 4.69) is 4.72 Å². The fraction of sp³-hybridized carbons (Fsp3) is 0.300. The molecule has 1 rings (SSSR count). The van der Waals surface area contributed by atoms with E-state index in [0.29, 0.717) is 5.56 Å². The number of carboxylic acids is 1. The molecule has 0 aromatic heterocycles. The third kappa shape index (κ3) is 4.90. The van der Waals surface area contributed by atoms with E-state index < -0.39 is 16.0 Å². The second-order valence-electron chi connectivity index (χ2n) is 3.28. The highest BCUT2D eigenvalue weighted by atomic mass is 32.2. The summed E-state index contributed by atoms with van der Waals surface area (Å²) < 4.78 is 25.2. The van der Waals surface area contributed by atoms with E-state index in [1.165, 1.54) is 0 Å². The summed E-state index contributed by atoms with van der Waals surface area (Å²) in [5, 5.41) is 8.37. The Bertz CT molecular complexity index is 441. The average molecular weight is 243 g/mol. The maximum absolute atomic E-state index is 11.5. The molecular weight excluding hydrogens is 230 g/mol. The standard InChI is InChI=1S/C10H13NO4S/c12-10(13)6-7-11-16(14,15)8-9-4-2-1-3-5-9/h1-5,11H,6-8H2,(H,12,13). The minimum absolute atomic E-state index is 0.0789. The van der Waals surface area contributed by atoms with Crippen LogP contribution in [0.1, 0.15) is 12.0 Å². The molecule has 88 valence electrons. The van der Waals surface area contributed by atoms with E-state index in [-0.39, 0.29) is 18.7 Å². The Kier molecular flexibility index (Phi) is 4.45. The molecule has 0 aliphatic rings. The summed E-state index contributed by atoms with van der Waals surface area (Å²) in [5.41, 5.74) is 0.672. The summed E-state index contributed by atoms with van der Waals surface area (Å²) in [6.45, 7) is -0.0789. The zero-order chi connectivity index (χ0) is 12.0. The Morgan fingerprint density at radius 3 is 2.44 bits per heavy atom. The zero-order valence-corrected chi connectivity index (χ0v) is 9.40. The second-order valence-corrected chi connectivity index (χ2v) is 5.09. The topological polar surface area (TPSA) is 83.5 Å². The Labute approximate surface area is 94.2 Å². The van der Waals surface area contributed by atoms with Crippen molar-refractivity contribution in [3.63, 3.8) is 0 Å². The average Bonchev–Trinajstić information content (AvgIpc) is 2.17. The van der Waals surface area contributed by atoms with E-state index in [1.54, 1.807) is 30.3 Å². The van der Waals surface area contributed by atoms with Crippen molar-refractivity contribution in [2.24, 2.45) is 0 Å². The van der Waals surface area contributed by atoms with Gasteiger partial charge in [0.1, 0.15) is 0 Å². The summed E-state index contributed by atoms with van der Waals surface area (Å²) in [5.74, 6) is -1.16. The van der Waals surface area contributed by atoms with E-state index >= 15 is 0 Å². The lowest BCUT2D eigenvalue weighted by molar-refractivity contribution is -0.136. The number of aliphatic carboxylic acids is 1. The number of carboxylic acid groups (broad SMARTS) is 1. The highest BCUT2D eigenvalue weighted by molar-refractivity contribution is 7.88. The quantitative estimate of drug-likeness (QED) is 0.765. The third-order valence-corrected chi connectivity index (χ3v) is 3.22. The largest absolute Gasteiger partial charge is 0.481 e. The number of carbonyl (C=O) groups is 1. The van der Waals surface area contributed by atoms with Gasteiger partial charge in [0.25, 0.3) is 0 Å². The monoisotopic (exact) mass is 243 g/mol. The van der Waals surface area contributed by atoms with Gasteiger partial charge in [-0.15, -0.1) is 0 Å². The van der Waals surface area contributed by atoms with Crippen molar-refractivity contribution >= 4 is 16.0 Å². The van der Waals surface area contributed by atoms with Crippen molar-refractivity contribution in [2.75, 3.05) is 6.54 Å². The molecule has 2 N–H and O–H groups in total. The molecule has 16 heavy (non-hydrogen) atoms. The Morgan fingerprint density at radius 1 is 1.25 bits per heavy atom. The maximum Gasteiger partial charge on any atom is 0.304 e. The van der Waals surface area contributed by atoms with E-state index in [4.69, 9.17) is 5.11 Å². The van der Waals surface area contributed by atoms with Gasteiger partial charge in [-0.2, -0.15) is 0 Å². The van der Waals surface area contributed by atoms with E-state index in [0.717, 1.165) is 0 Å². The molecule has 0 aliphatic heterocycles. The highest BCUT2D eigenvalue weighted by Gasteiger charge is 2.11. The summed E-state index contributed by atoms with van der Waals surface area (Å²) in [6.07, 6.45) is -0.214. The van der Waals surface area contributed by atoms with Crippen molar-refractivity contribution in [1.82, 2.24) is 4.72 Å². The first-order chi connectivity index (χ1) is 7.49. The predicted octanol–water partition coefficient (Wildman–Crippen LogP) is 0.581. The molecule has 0 fully saturated rings. The van der Waals surface area contributed by atoms with Crippen LogP contribution in [0.2, 0.25) is 0 Å². The molecule has 0 amide bonds. The first-order valence-electron chi connectivity index (χ1n) is 4.73. The number of rotatable bonds is 6. The number of hydrogen-bond acceptors (Lipinski definition) is 3. The molecule has 5 nitrogen and oxygen atoms in total. The zero-order valence-electron chi connectivity index (χ0n) is 8.59. The van der Waals surface area contributed by atoms with Crippen LogP contribution in [0.4, 0.5) is 0 Å². The molecule has 0 saturated carbocycles. The molecular formula is C10H13NO4S. The van der Waals surface area contributed by atoms with Crippen molar-refractivity contribution in [3.05, 3.63) is 35.9 Å². The van der Waals surface area contributed by atoms with Crippen LogP contribution in [0.25, 0.3) is 0 Å². The molecule has 1 aromatic rings. The molecule has 0 saturated heterocycles. The molecule has 0 radical (unpaired) electrons. The lowest BCUT2D eigenvalue weighted by atomic mass is 10.2. The molecule has 0 spiro atoms. The van der Waals surface area contributed by atoms with Gasteiger partial charge >= 0.3 is 5.97 Å². The molecule has 0 aliphatic carbocycles. The highest BCUT2D eigenvalue weighted by Crippen LogP contribution is 2.03.